The lowest BCUT2D eigenvalue weighted by Crippen LogP contribution is -2.27. The number of aromatic nitrogens is 1. The van der Waals surface area contributed by atoms with Gasteiger partial charge in [0.1, 0.15) is 0 Å². The molecule has 5 nitrogen and oxygen atoms in total. The SMILES string of the molecule is Cc1csc(NC2CCOCC2)n1.O=C(O)C(F)(F)F. The van der Waals surface area contributed by atoms with E-state index in [1.54, 1.807) is 11.3 Å². The van der Waals surface area contributed by atoms with Crippen LogP contribution in [0.1, 0.15) is 18.5 Å². The molecule has 2 N–H and O–H groups in total. The van der Waals surface area contributed by atoms with Gasteiger partial charge in [0.25, 0.3) is 0 Å². The Bertz CT molecular complexity index is 431. The van der Waals surface area contributed by atoms with Crippen LogP contribution in [-0.4, -0.2) is 41.5 Å². The molecule has 9 heteroatoms. The zero-order valence-electron chi connectivity index (χ0n) is 10.7. The van der Waals surface area contributed by atoms with Gasteiger partial charge in [-0.05, 0) is 19.8 Å². The van der Waals surface area contributed by atoms with Gasteiger partial charge in [-0.2, -0.15) is 13.2 Å². The number of halogens is 3. The van der Waals surface area contributed by atoms with Gasteiger partial charge in [0.05, 0.1) is 5.69 Å². The van der Waals surface area contributed by atoms with Crippen molar-refractivity contribution < 1.29 is 27.8 Å². The molecule has 0 spiro atoms. The summed E-state index contributed by atoms with van der Waals surface area (Å²) in [6.07, 6.45) is -2.89. The predicted octanol–water partition coefficient (Wildman–Crippen LogP) is 2.68. The van der Waals surface area contributed by atoms with Crippen molar-refractivity contribution in [3.8, 4) is 0 Å². The van der Waals surface area contributed by atoms with Gasteiger partial charge in [0.2, 0.25) is 0 Å². The van der Waals surface area contributed by atoms with Gasteiger partial charge in [-0.3, -0.25) is 0 Å². The average Bonchev–Trinajstić information content (AvgIpc) is 2.75. The first-order valence-corrected chi connectivity index (χ1v) is 6.73. The van der Waals surface area contributed by atoms with E-state index >= 15 is 0 Å². The number of anilines is 1. The third-order valence-corrected chi connectivity index (χ3v) is 3.30. The Morgan fingerprint density at radius 1 is 1.50 bits per heavy atom. The number of aryl methyl sites for hydroxylation is 1. The monoisotopic (exact) mass is 312 g/mol. The lowest BCUT2D eigenvalue weighted by atomic mass is 10.1. The maximum Gasteiger partial charge on any atom is 0.490 e. The van der Waals surface area contributed by atoms with Crippen LogP contribution in [-0.2, 0) is 9.53 Å². The Kier molecular flexibility index (Phi) is 6.21. The summed E-state index contributed by atoms with van der Waals surface area (Å²) in [4.78, 5) is 13.3. The maximum absolute atomic E-state index is 10.6. The molecule has 0 amide bonds. The van der Waals surface area contributed by atoms with E-state index in [-0.39, 0.29) is 0 Å². The molecule has 1 aliphatic rings. The van der Waals surface area contributed by atoms with Crippen LogP contribution >= 0.6 is 11.3 Å². The van der Waals surface area contributed by atoms with E-state index in [1.807, 2.05) is 6.92 Å². The zero-order valence-corrected chi connectivity index (χ0v) is 11.6. The van der Waals surface area contributed by atoms with Gasteiger partial charge in [-0.1, -0.05) is 0 Å². The quantitative estimate of drug-likeness (QED) is 0.878. The number of carboxylic acids is 1. The van der Waals surface area contributed by atoms with Gasteiger partial charge < -0.3 is 15.2 Å². The van der Waals surface area contributed by atoms with Crippen LogP contribution in [0.3, 0.4) is 0 Å². The summed E-state index contributed by atoms with van der Waals surface area (Å²) in [5.74, 6) is -2.76. The zero-order chi connectivity index (χ0) is 15.2. The third-order valence-electron chi connectivity index (χ3n) is 2.41. The smallest absolute Gasteiger partial charge is 0.475 e. The van der Waals surface area contributed by atoms with E-state index in [0.717, 1.165) is 36.9 Å². The Labute approximate surface area is 117 Å². The van der Waals surface area contributed by atoms with Crippen LogP contribution < -0.4 is 5.32 Å². The summed E-state index contributed by atoms with van der Waals surface area (Å²) in [5, 5.41) is 13.7. The van der Waals surface area contributed by atoms with Crippen molar-refractivity contribution >= 4 is 22.4 Å². The molecule has 0 unspecified atom stereocenters. The number of nitrogens with one attached hydrogen (secondary N) is 1. The van der Waals surface area contributed by atoms with Gasteiger partial charge in [0.15, 0.2) is 5.13 Å². The first kappa shape index (κ1) is 16.7. The van der Waals surface area contributed by atoms with Crippen molar-refractivity contribution in [1.82, 2.24) is 4.98 Å². The summed E-state index contributed by atoms with van der Waals surface area (Å²) < 4.78 is 37.0. The molecule has 1 aliphatic heterocycles. The van der Waals surface area contributed by atoms with E-state index in [9.17, 15) is 13.2 Å². The van der Waals surface area contributed by atoms with Gasteiger partial charge in [-0.25, -0.2) is 9.78 Å². The fourth-order valence-electron chi connectivity index (χ4n) is 1.44. The normalized spacial score (nSPS) is 16.2. The first-order chi connectivity index (χ1) is 9.29. The van der Waals surface area contributed by atoms with E-state index in [4.69, 9.17) is 14.6 Å². The Morgan fingerprint density at radius 2 is 2.05 bits per heavy atom. The minimum absolute atomic E-state index is 0.555. The standard InChI is InChI=1S/C9H14N2OS.C2HF3O2/c1-7-6-13-9(10-7)11-8-2-4-12-5-3-8;3-2(4,5)1(6)7/h6,8H,2-5H2,1H3,(H,10,11);(H,6,7). The molecule has 2 rings (SSSR count). The number of nitrogens with zero attached hydrogens (tertiary/aromatic N) is 1. The van der Waals surface area contributed by atoms with Crippen molar-refractivity contribution in [3.63, 3.8) is 0 Å². The largest absolute Gasteiger partial charge is 0.490 e. The van der Waals surface area contributed by atoms with Crippen LogP contribution in [0.4, 0.5) is 18.3 Å². The summed E-state index contributed by atoms with van der Waals surface area (Å²) in [6.45, 7) is 3.77. The Hall–Kier alpha value is -1.35. The number of ether oxygens (including phenoxy) is 1. The van der Waals surface area contributed by atoms with Gasteiger partial charge in [-0.15, -0.1) is 11.3 Å². The predicted molar refractivity (Wildman–Crippen MR) is 68.0 cm³/mol. The van der Waals surface area contributed by atoms with Crippen LogP contribution in [0.5, 0.6) is 0 Å². The number of rotatable bonds is 2. The van der Waals surface area contributed by atoms with E-state index in [0.29, 0.717) is 6.04 Å². The van der Waals surface area contributed by atoms with E-state index in [2.05, 4.69) is 15.7 Å². The molecule has 1 aromatic rings. The number of hydrogen-bond donors (Lipinski definition) is 2. The molecule has 114 valence electrons. The molecule has 0 radical (unpaired) electrons. The highest BCUT2D eigenvalue weighted by atomic mass is 32.1. The van der Waals surface area contributed by atoms with Crippen molar-refractivity contribution in [2.24, 2.45) is 0 Å². The van der Waals surface area contributed by atoms with E-state index in [1.165, 1.54) is 0 Å². The third kappa shape index (κ3) is 6.20. The average molecular weight is 312 g/mol. The lowest BCUT2D eigenvalue weighted by molar-refractivity contribution is -0.192. The lowest BCUT2D eigenvalue weighted by Gasteiger charge is -2.22. The van der Waals surface area contributed by atoms with Crippen molar-refractivity contribution in [1.29, 1.82) is 0 Å². The molecule has 0 aromatic carbocycles. The molecular weight excluding hydrogens is 297 g/mol. The first-order valence-electron chi connectivity index (χ1n) is 5.85. The number of carboxylic acid groups (broad SMARTS) is 1. The Morgan fingerprint density at radius 3 is 2.45 bits per heavy atom. The molecule has 1 saturated heterocycles. The van der Waals surface area contributed by atoms with Gasteiger partial charge >= 0.3 is 12.1 Å². The van der Waals surface area contributed by atoms with Crippen LogP contribution in [0.15, 0.2) is 5.38 Å². The van der Waals surface area contributed by atoms with Crippen molar-refractivity contribution in [3.05, 3.63) is 11.1 Å². The maximum atomic E-state index is 10.6. The summed E-state index contributed by atoms with van der Waals surface area (Å²) in [6, 6.07) is 0.555. The molecule has 1 aromatic heterocycles. The fraction of sp³-hybridized carbons (Fsp3) is 0.636. The van der Waals surface area contributed by atoms with E-state index < -0.39 is 12.1 Å². The fourth-order valence-corrected chi connectivity index (χ4v) is 2.20. The molecule has 0 saturated carbocycles. The molecular formula is C11H15F3N2O3S. The molecule has 1 fully saturated rings. The summed E-state index contributed by atoms with van der Waals surface area (Å²) in [7, 11) is 0. The van der Waals surface area contributed by atoms with Crippen LogP contribution in [0.2, 0.25) is 0 Å². The molecule has 0 aliphatic carbocycles. The van der Waals surface area contributed by atoms with Crippen LogP contribution in [0.25, 0.3) is 0 Å². The molecule has 2 heterocycles. The van der Waals surface area contributed by atoms with Gasteiger partial charge in [0, 0.05) is 24.6 Å². The number of aliphatic carboxylic acids is 1. The molecule has 0 bridgehead atoms. The molecule has 0 atom stereocenters. The summed E-state index contributed by atoms with van der Waals surface area (Å²) >= 11 is 1.68. The number of alkyl halides is 3. The molecule has 20 heavy (non-hydrogen) atoms. The topological polar surface area (TPSA) is 71.5 Å². The minimum Gasteiger partial charge on any atom is -0.475 e. The number of carbonyl (C=O) groups is 1. The van der Waals surface area contributed by atoms with Crippen molar-refractivity contribution in [2.75, 3.05) is 18.5 Å². The second kappa shape index (κ2) is 7.44. The highest BCUT2D eigenvalue weighted by molar-refractivity contribution is 7.13. The van der Waals surface area contributed by atoms with Crippen LogP contribution in [0, 0.1) is 6.92 Å². The number of thiazole rings is 1. The number of hydrogen-bond acceptors (Lipinski definition) is 5. The summed E-state index contributed by atoms with van der Waals surface area (Å²) in [5.41, 5.74) is 1.10. The van der Waals surface area contributed by atoms with Crippen molar-refractivity contribution in [2.45, 2.75) is 32.0 Å². The second-order valence-electron chi connectivity index (χ2n) is 4.13. The highest BCUT2D eigenvalue weighted by Gasteiger charge is 2.38. The second-order valence-corrected chi connectivity index (χ2v) is 4.99. The highest BCUT2D eigenvalue weighted by Crippen LogP contribution is 2.18. The Balaban J connectivity index is 0.000000246. The minimum atomic E-state index is -5.08.